The van der Waals surface area contributed by atoms with E-state index < -0.39 is 17.7 Å². The zero-order valence-corrected chi connectivity index (χ0v) is 33.9. The molecular weight excluding hydrogens is 727 g/mol. The number of nitrogens with one attached hydrogen (secondary N) is 3. The van der Waals surface area contributed by atoms with E-state index in [9.17, 15) is 14.4 Å². The molecule has 14 nitrogen and oxygen atoms in total. The van der Waals surface area contributed by atoms with Gasteiger partial charge in [-0.05, 0) is 99.2 Å². The molecule has 0 bridgehead atoms. The molecule has 4 atom stereocenters. The molecule has 0 saturated carbocycles. The van der Waals surface area contributed by atoms with Gasteiger partial charge in [0.1, 0.15) is 35.6 Å². The van der Waals surface area contributed by atoms with Gasteiger partial charge in [0.2, 0.25) is 5.91 Å². The van der Waals surface area contributed by atoms with Crippen LogP contribution in [0.3, 0.4) is 0 Å². The number of H-pyrrole nitrogens is 2. The van der Waals surface area contributed by atoms with Gasteiger partial charge in [-0.15, -0.1) is 0 Å². The van der Waals surface area contributed by atoms with E-state index in [2.05, 4.69) is 45.6 Å². The molecule has 3 aliphatic heterocycles. The van der Waals surface area contributed by atoms with Crippen LogP contribution in [0.2, 0.25) is 0 Å². The number of rotatable bonds is 8. The van der Waals surface area contributed by atoms with Crippen LogP contribution in [0.5, 0.6) is 5.75 Å². The number of fused-ring (bicyclic) bond motifs is 6. The maximum absolute atomic E-state index is 13.8. The van der Waals surface area contributed by atoms with Gasteiger partial charge in [0, 0.05) is 42.9 Å². The third kappa shape index (κ3) is 7.47. The van der Waals surface area contributed by atoms with Gasteiger partial charge in [-0.3, -0.25) is 9.69 Å². The number of amides is 3. The van der Waals surface area contributed by atoms with Crippen molar-refractivity contribution in [3.63, 3.8) is 0 Å². The summed E-state index contributed by atoms with van der Waals surface area (Å²) in [6.45, 7) is 11.6. The van der Waals surface area contributed by atoms with Crippen molar-refractivity contribution in [3.05, 3.63) is 65.0 Å². The maximum atomic E-state index is 13.8. The van der Waals surface area contributed by atoms with Crippen molar-refractivity contribution in [1.29, 1.82) is 0 Å². The molecule has 2 fully saturated rings. The molecule has 0 spiro atoms. The maximum Gasteiger partial charge on any atom is 0.410 e. The van der Waals surface area contributed by atoms with Crippen LogP contribution >= 0.6 is 0 Å². The van der Waals surface area contributed by atoms with Gasteiger partial charge in [-0.25, -0.2) is 19.6 Å². The van der Waals surface area contributed by atoms with Gasteiger partial charge < -0.3 is 39.1 Å². The number of hydrogen-bond donors (Lipinski definition) is 3. The minimum atomic E-state index is -0.689. The van der Waals surface area contributed by atoms with Crippen LogP contribution in [-0.4, -0.2) is 93.4 Å². The first-order chi connectivity index (χ1) is 27.3. The van der Waals surface area contributed by atoms with E-state index in [1.54, 1.807) is 12.0 Å². The van der Waals surface area contributed by atoms with Gasteiger partial charge >= 0.3 is 12.2 Å². The molecule has 5 heterocycles. The third-order valence-corrected chi connectivity index (χ3v) is 11.6. The largest absolute Gasteiger partial charge is 0.488 e. The van der Waals surface area contributed by atoms with Gasteiger partial charge in [0.25, 0.3) is 0 Å². The highest BCUT2D eigenvalue weighted by atomic mass is 16.6. The monoisotopic (exact) mass is 779 g/mol. The zero-order valence-electron chi connectivity index (χ0n) is 33.9. The Labute approximate surface area is 333 Å². The van der Waals surface area contributed by atoms with E-state index in [1.165, 1.54) is 12.7 Å². The Hall–Kier alpha value is -5.37. The van der Waals surface area contributed by atoms with Crippen molar-refractivity contribution in [2.24, 2.45) is 11.8 Å². The molecular formula is C43H53N7O7. The molecule has 1 aliphatic carbocycles. The standard InChI is InChI=1S/C43H53N7O7/c1-23(2)36(48-41(52)55-7)40(51)49-14-8-9-33(49)39-45-31-13-11-25-17-30-28-12-10-26(16-27(28)22-56-35(30)18-29(25)37(31)47-39)32-19-44-38(46-32)34-15-24(21-54-6)20-50(34)42(53)57-43(3,4)5/h10,12,16-19,23-24,33-34,36H,8-9,11,13-15,20-22H2,1-7H3,(H,44,46)(H,45,47)(H,48,52)/t24-,33-,34-,36-/m0/s1. The number of carbonyl (C=O) groups excluding carboxylic acids is 3. The van der Waals surface area contributed by atoms with Crippen LogP contribution in [-0.2, 0) is 38.5 Å². The number of carbonyl (C=O) groups is 3. The van der Waals surface area contributed by atoms with Crippen molar-refractivity contribution in [2.75, 3.05) is 33.9 Å². The van der Waals surface area contributed by atoms with Crippen LogP contribution in [0.1, 0.15) is 94.4 Å². The van der Waals surface area contributed by atoms with Crippen molar-refractivity contribution < 1.29 is 33.3 Å². The van der Waals surface area contributed by atoms with E-state index in [4.69, 9.17) is 28.9 Å². The molecule has 8 rings (SSSR count). The van der Waals surface area contributed by atoms with Crippen molar-refractivity contribution in [1.82, 2.24) is 35.1 Å². The Balaban J connectivity index is 1.02. The molecule has 4 aliphatic rings. The Kier molecular flexibility index (Phi) is 10.3. The van der Waals surface area contributed by atoms with Crippen molar-refractivity contribution >= 4 is 18.1 Å². The van der Waals surface area contributed by atoms with E-state index in [0.717, 1.165) is 94.4 Å². The fraction of sp³-hybridized carbons (Fsp3) is 0.512. The van der Waals surface area contributed by atoms with Gasteiger partial charge in [-0.2, -0.15) is 0 Å². The number of benzene rings is 2. The van der Waals surface area contributed by atoms with Crippen LogP contribution in [0, 0.1) is 11.8 Å². The lowest BCUT2D eigenvalue weighted by molar-refractivity contribution is -0.135. The Morgan fingerprint density at radius 2 is 1.81 bits per heavy atom. The Morgan fingerprint density at radius 1 is 0.982 bits per heavy atom. The second-order valence-electron chi connectivity index (χ2n) is 17.1. The topological polar surface area (TPSA) is 164 Å². The molecule has 3 N–H and O–H groups in total. The predicted octanol–water partition coefficient (Wildman–Crippen LogP) is 7.11. The zero-order chi connectivity index (χ0) is 40.2. The first-order valence-electron chi connectivity index (χ1n) is 20.0. The number of aromatic amines is 2. The summed E-state index contributed by atoms with van der Waals surface area (Å²) in [5.74, 6) is 2.27. The van der Waals surface area contributed by atoms with Crippen molar-refractivity contribution in [3.8, 4) is 39.4 Å². The molecule has 0 unspecified atom stereocenters. The first kappa shape index (κ1) is 38.5. The summed E-state index contributed by atoms with van der Waals surface area (Å²) in [6, 6.07) is 9.64. The normalized spacial score (nSPS) is 20.3. The molecule has 57 heavy (non-hydrogen) atoms. The molecule has 302 valence electrons. The molecule has 2 aromatic carbocycles. The minimum absolute atomic E-state index is 0.106. The number of nitrogens with zero attached hydrogens (tertiary/aromatic N) is 4. The van der Waals surface area contributed by atoms with E-state index in [1.807, 2.05) is 45.7 Å². The number of ether oxygens (including phenoxy) is 4. The second-order valence-corrected chi connectivity index (χ2v) is 17.1. The average molecular weight is 780 g/mol. The summed E-state index contributed by atoms with van der Waals surface area (Å²) < 4.78 is 22.4. The molecule has 0 radical (unpaired) electrons. The smallest absolute Gasteiger partial charge is 0.410 e. The molecule has 14 heteroatoms. The molecule has 3 amide bonds. The Morgan fingerprint density at radius 3 is 2.56 bits per heavy atom. The van der Waals surface area contributed by atoms with Crippen LogP contribution < -0.4 is 10.1 Å². The number of aromatic nitrogens is 4. The number of imidazole rings is 2. The summed E-state index contributed by atoms with van der Waals surface area (Å²) >= 11 is 0. The highest BCUT2D eigenvalue weighted by molar-refractivity contribution is 5.87. The summed E-state index contributed by atoms with van der Waals surface area (Å²) in [7, 11) is 2.98. The highest BCUT2D eigenvalue weighted by Crippen LogP contribution is 2.46. The summed E-state index contributed by atoms with van der Waals surface area (Å²) in [5, 5.41) is 2.73. The Bertz CT molecular complexity index is 2190. The number of aryl methyl sites for hydroxylation is 2. The fourth-order valence-corrected chi connectivity index (χ4v) is 8.84. The molecule has 2 saturated heterocycles. The molecule has 4 aromatic rings. The summed E-state index contributed by atoms with van der Waals surface area (Å²) in [6.07, 6.45) is 4.90. The summed E-state index contributed by atoms with van der Waals surface area (Å²) in [5.41, 5.74) is 8.74. The number of alkyl carbamates (subject to hydrolysis) is 1. The minimum Gasteiger partial charge on any atom is -0.488 e. The van der Waals surface area contributed by atoms with Crippen LogP contribution in [0.15, 0.2) is 36.5 Å². The van der Waals surface area contributed by atoms with Gasteiger partial charge in [-0.1, -0.05) is 26.0 Å². The number of methoxy groups -OCH3 is 2. The second kappa shape index (κ2) is 15.2. The van der Waals surface area contributed by atoms with Crippen molar-refractivity contribution in [2.45, 2.75) is 97.1 Å². The van der Waals surface area contributed by atoms with Gasteiger partial charge in [0.05, 0.1) is 43.4 Å². The van der Waals surface area contributed by atoms with Crippen LogP contribution in [0.25, 0.3) is 33.6 Å². The quantitative estimate of drug-likeness (QED) is 0.169. The molecule has 2 aromatic heterocycles. The lowest BCUT2D eigenvalue weighted by Gasteiger charge is -2.30. The average Bonchev–Trinajstić information content (AvgIpc) is 4.01. The SMILES string of the molecule is COC[C@H]1C[C@@H](c2ncc(-c3ccc4c(c3)COc3cc5c(cc3-4)CCc3[nH]c([C@@H]4CCCN4C(=O)[C@@H](NC(=O)OC)C(C)C)nc3-5)[nH]2)N(C(=O)OC(C)(C)C)C1. The fourth-order valence-electron chi connectivity index (χ4n) is 8.84. The number of hydrogen-bond acceptors (Lipinski definition) is 9. The lowest BCUT2D eigenvalue weighted by atomic mass is 9.86. The van der Waals surface area contributed by atoms with E-state index in [-0.39, 0.29) is 35.9 Å². The first-order valence-corrected chi connectivity index (χ1v) is 20.0. The highest BCUT2D eigenvalue weighted by Gasteiger charge is 2.41. The van der Waals surface area contributed by atoms with E-state index >= 15 is 0 Å². The third-order valence-electron chi connectivity index (χ3n) is 11.6. The van der Waals surface area contributed by atoms with Gasteiger partial charge in [0.15, 0.2) is 0 Å². The predicted molar refractivity (Wildman–Crippen MR) is 212 cm³/mol. The number of likely N-dealkylation sites (tertiary alicyclic amines) is 2. The summed E-state index contributed by atoms with van der Waals surface area (Å²) in [4.78, 5) is 59.6. The van der Waals surface area contributed by atoms with E-state index in [0.29, 0.717) is 26.3 Å². The van der Waals surface area contributed by atoms with Crippen LogP contribution in [0.4, 0.5) is 9.59 Å². The lowest BCUT2D eigenvalue weighted by Crippen LogP contribution is -2.51.